The third kappa shape index (κ3) is 4.67. The Bertz CT molecular complexity index is 2340. The Morgan fingerprint density at radius 1 is 0.604 bits per heavy atom. The molecule has 0 saturated carbocycles. The average molecular weight is 617 g/mol. The first-order valence-electron chi connectivity index (χ1n) is 17.0. The van der Waals surface area contributed by atoms with E-state index in [0.717, 1.165) is 29.9 Å². The van der Waals surface area contributed by atoms with Gasteiger partial charge in [-0.2, -0.15) is 0 Å². The molecule has 0 aromatic heterocycles. The molecule has 9 rings (SSSR count). The van der Waals surface area contributed by atoms with Gasteiger partial charge in [0.2, 0.25) is 0 Å². The zero-order valence-electron chi connectivity index (χ0n) is 27.1. The molecule has 0 saturated heterocycles. The van der Waals surface area contributed by atoms with Gasteiger partial charge in [0.1, 0.15) is 11.4 Å². The summed E-state index contributed by atoms with van der Waals surface area (Å²) in [5.41, 5.74) is 9.55. The first kappa shape index (κ1) is 28.5. The van der Waals surface area contributed by atoms with Crippen LogP contribution in [0.3, 0.4) is 0 Å². The number of allylic oxidation sites excluding steroid dienone is 6. The fourth-order valence-electron chi connectivity index (χ4n) is 7.85. The minimum Gasteiger partial charge on any atom is -0.316 e. The third-order valence-corrected chi connectivity index (χ3v) is 10.2. The van der Waals surface area contributed by atoms with Gasteiger partial charge in [-0.3, -0.25) is 4.99 Å². The zero-order valence-corrected chi connectivity index (χ0v) is 27.1. The lowest BCUT2D eigenvalue weighted by molar-refractivity contribution is 0.549. The van der Waals surface area contributed by atoms with E-state index >= 15 is 0 Å². The van der Waals surface area contributed by atoms with Gasteiger partial charge in [0.15, 0.2) is 0 Å². The van der Waals surface area contributed by atoms with E-state index in [9.17, 15) is 0 Å². The quantitative estimate of drug-likeness (QED) is 0.176. The summed E-state index contributed by atoms with van der Waals surface area (Å²) in [5, 5.41) is 5.17. The van der Waals surface area contributed by atoms with Crippen molar-refractivity contribution < 1.29 is 0 Å². The van der Waals surface area contributed by atoms with Crippen LogP contribution in [0.1, 0.15) is 30.9 Å². The minimum absolute atomic E-state index is 0.134. The molecule has 2 nitrogen and oxygen atoms in total. The summed E-state index contributed by atoms with van der Waals surface area (Å²) in [7, 11) is 0. The molecule has 6 aromatic carbocycles. The SMILES string of the molecule is CC12C=CC=CC1N(c1ccccc1)C(c1ccc(-c3ccc4c(C5=CCCC=C5)c5ccccc5c(-c5ccccc5)c4c3)cc1)=N2. The number of rotatable bonds is 5. The Balaban J connectivity index is 1.19. The Kier molecular flexibility index (Phi) is 6.83. The van der Waals surface area contributed by atoms with E-state index < -0.39 is 0 Å². The highest BCUT2D eigenvalue weighted by atomic mass is 15.3. The molecule has 0 fully saturated rings. The van der Waals surface area contributed by atoms with Crippen molar-refractivity contribution in [1.29, 1.82) is 0 Å². The van der Waals surface area contributed by atoms with Gasteiger partial charge in [-0.1, -0.05) is 152 Å². The number of benzene rings is 6. The number of hydrogen-bond acceptors (Lipinski definition) is 2. The largest absolute Gasteiger partial charge is 0.316 e. The van der Waals surface area contributed by atoms with E-state index in [0.29, 0.717) is 0 Å². The summed E-state index contributed by atoms with van der Waals surface area (Å²) in [6.07, 6.45) is 18.0. The van der Waals surface area contributed by atoms with Crippen molar-refractivity contribution in [2.45, 2.75) is 31.3 Å². The van der Waals surface area contributed by atoms with E-state index in [-0.39, 0.29) is 11.6 Å². The van der Waals surface area contributed by atoms with Crippen LogP contribution in [0.25, 0.3) is 49.4 Å². The zero-order chi connectivity index (χ0) is 32.1. The van der Waals surface area contributed by atoms with Gasteiger partial charge in [0.05, 0.1) is 6.04 Å². The van der Waals surface area contributed by atoms with Gasteiger partial charge < -0.3 is 4.90 Å². The number of hydrogen-bond donors (Lipinski definition) is 0. The van der Waals surface area contributed by atoms with Gasteiger partial charge in [-0.15, -0.1) is 0 Å². The molecule has 6 aromatic rings. The lowest BCUT2D eigenvalue weighted by Crippen LogP contribution is -2.44. The number of nitrogens with zero attached hydrogens (tertiary/aromatic N) is 2. The molecule has 1 heterocycles. The molecule has 0 radical (unpaired) electrons. The second-order valence-electron chi connectivity index (χ2n) is 13.2. The Hall–Kier alpha value is -5.73. The first-order chi connectivity index (χ1) is 23.7. The maximum Gasteiger partial charge on any atom is 0.137 e. The maximum atomic E-state index is 5.34. The molecular formula is C46H36N2. The monoisotopic (exact) mass is 616 g/mol. The average Bonchev–Trinajstić information content (AvgIpc) is 3.48. The molecule has 2 atom stereocenters. The van der Waals surface area contributed by atoms with Crippen molar-refractivity contribution in [3.05, 3.63) is 181 Å². The number of anilines is 1. The molecule has 2 unspecified atom stereocenters. The van der Waals surface area contributed by atoms with Crippen LogP contribution >= 0.6 is 0 Å². The second-order valence-corrected chi connectivity index (χ2v) is 13.2. The molecule has 230 valence electrons. The van der Waals surface area contributed by atoms with Crippen LogP contribution in [-0.4, -0.2) is 17.4 Å². The van der Waals surface area contributed by atoms with E-state index in [1.165, 1.54) is 54.9 Å². The molecule has 2 heteroatoms. The maximum absolute atomic E-state index is 5.34. The Labute approximate surface area is 282 Å². The van der Waals surface area contributed by atoms with Crippen LogP contribution in [0.15, 0.2) is 175 Å². The summed E-state index contributed by atoms with van der Waals surface area (Å²) in [6, 6.07) is 46.6. The minimum atomic E-state index is -0.311. The van der Waals surface area contributed by atoms with E-state index in [2.05, 4.69) is 182 Å². The molecule has 0 spiro atoms. The van der Waals surface area contributed by atoms with Crippen LogP contribution < -0.4 is 4.90 Å². The molecule has 0 bridgehead atoms. The Morgan fingerprint density at radius 3 is 2.02 bits per heavy atom. The predicted molar refractivity (Wildman–Crippen MR) is 205 cm³/mol. The fourth-order valence-corrected chi connectivity index (χ4v) is 7.85. The molecule has 48 heavy (non-hydrogen) atoms. The highest BCUT2D eigenvalue weighted by Gasteiger charge is 2.44. The summed E-state index contributed by atoms with van der Waals surface area (Å²) in [5.74, 6) is 1.01. The van der Waals surface area contributed by atoms with Crippen molar-refractivity contribution in [2.24, 2.45) is 4.99 Å². The fraction of sp³-hybridized carbons (Fsp3) is 0.109. The third-order valence-electron chi connectivity index (χ3n) is 10.2. The van der Waals surface area contributed by atoms with Crippen molar-refractivity contribution >= 4 is 38.6 Å². The lowest BCUT2D eigenvalue weighted by atomic mass is 9.84. The normalized spacial score (nSPS) is 19.9. The molecule has 2 aliphatic carbocycles. The van der Waals surface area contributed by atoms with Crippen LogP contribution in [0.4, 0.5) is 5.69 Å². The highest BCUT2D eigenvalue weighted by Crippen LogP contribution is 2.44. The van der Waals surface area contributed by atoms with Gasteiger partial charge in [-0.05, 0) is 92.9 Å². The summed E-state index contributed by atoms with van der Waals surface area (Å²) in [4.78, 5) is 7.72. The van der Waals surface area contributed by atoms with Gasteiger partial charge in [0, 0.05) is 11.3 Å². The van der Waals surface area contributed by atoms with Crippen molar-refractivity contribution in [3.8, 4) is 22.3 Å². The van der Waals surface area contributed by atoms with Gasteiger partial charge >= 0.3 is 0 Å². The van der Waals surface area contributed by atoms with Crippen molar-refractivity contribution in [2.75, 3.05) is 4.90 Å². The van der Waals surface area contributed by atoms with Crippen LogP contribution in [-0.2, 0) is 0 Å². The number of para-hydroxylation sites is 1. The van der Waals surface area contributed by atoms with E-state index in [4.69, 9.17) is 4.99 Å². The van der Waals surface area contributed by atoms with E-state index in [1.54, 1.807) is 0 Å². The second kappa shape index (κ2) is 11.5. The first-order valence-corrected chi connectivity index (χ1v) is 17.0. The van der Waals surface area contributed by atoms with Crippen molar-refractivity contribution in [1.82, 2.24) is 0 Å². The molecular weight excluding hydrogens is 581 g/mol. The van der Waals surface area contributed by atoms with Crippen molar-refractivity contribution in [3.63, 3.8) is 0 Å². The van der Waals surface area contributed by atoms with Crippen LogP contribution in [0.2, 0.25) is 0 Å². The number of aliphatic imine (C=N–C) groups is 1. The summed E-state index contributed by atoms with van der Waals surface area (Å²) >= 11 is 0. The molecule has 1 aliphatic heterocycles. The predicted octanol–water partition coefficient (Wildman–Crippen LogP) is 11.6. The highest BCUT2D eigenvalue weighted by molar-refractivity contribution is 6.20. The number of amidine groups is 1. The standard InChI is InChI=1S/C46H36N2/c1-46-30-14-13-23-42(46)48(37-19-9-4-10-20-37)45(47-46)35-26-24-32(25-27-35)36-28-29-40-41(31-36)44(34-17-7-3-8-18-34)39-22-12-11-21-38(39)43(40)33-15-5-2-6-16-33/h3-5,7-31,42H,2,6H2,1H3. The molecule has 0 amide bonds. The van der Waals surface area contributed by atoms with E-state index in [1.807, 2.05) is 0 Å². The Morgan fingerprint density at radius 2 is 1.27 bits per heavy atom. The summed E-state index contributed by atoms with van der Waals surface area (Å²) < 4.78 is 0. The van der Waals surface area contributed by atoms with Gasteiger partial charge in [0.25, 0.3) is 0 Å². The summed E-state index contributed by atoms with van der Waals surface area (Å²) in [6.45, 7) is 2.23. The van der Waals surface area contributed by atoms with Crippen LogP contribution in [0.5, 0.6) is 0 Å². The smallest absolute Gasteiger partial charge is 0.137 e. The topological polar surface area (TPSA) is 15.6 Å². The molecule has 3 aliphatic rings. The van der Waals surface area contributed by atoms with Gasteiger partial charge in [-0.25, -0.2) is 0 Å². The lowest BCUT2D eigenvalue weighted by Gasteiger charge is -2.33. The number of fused-ring (bicyclic) bond motifs is 3. The molecule has 0 N–H and O–H groups in total. The van der Waals surface area contributed by atoms with Crippen LogP contribution in [0, 0.1) is 0 Å².